The first kappa shape index (κ1) is 41.5. The summed E-state index contributed by atoms with van der Waals surface area (Å²) in [5.41, 5.74) is 25.5. The zero-order valence-corrected chi connectivity index (χ0v) is 40.1. The van der Waals surface area contributed by atoms with E-state index < -0.39 is 10.8 Å². The van der Waals surface area contributed by atoms with Crippen LogP contribution in [0.5, 0.6) is 0 Å². The Kier molecular flexibility index (Phi) is 9.16. The number of anilines is 3. The Balaban J connectivity index is 0.913. The summed E-state index contributed by atoms with van der Waals surface area (Å²) in [6.45, 7) is 0. The van der Waals surface area contributed by atoms with Gasteiger partial charge in [-0.1, -0.05) is 249 Å². The largest absolute Gasteiger partial charge is 0.310 e. The highest BCUT2D eigenvalue weighted by atomic mass is 15.1. The SMILES string of the molecule is c1ccc(N(c2ccc(-c3ccc4ccccc4c3-c3cccc4c3-c3ccccc3C4(c3ccccc3)c3ccccc3)cc2)c2ccc3c(c2)C2(c4ccccc4-c4ccccc42)c2ccccc2-3)cc1. The molecule has 3 aliphatic carbocycles. The second kappa shape index (κ2) is 16.1. The minimum Gasteiger partial charge on any atom is -0.310 e. The van der Waals surface area contributed by atoms with Crippen LogP contribution in [0.15, 0.2) is 285 Å². The van der Waals surface area contributed by atoms with Crippen LogP contribution in [0.4, 0.5) is 17.1 Å². The van der Waals surface area contributed by atoms with Gasteiger partial charge in [0.2, 0.25) is 0 Å². The molecule has 0 atom stereocenters. The second-order valence-electron chi connectivity index (χ2n) is 19.8. The molecular weight excluding hydrogens is 879 g/mol. The van der Waals surface area contributed by atoms with Crippen molar-refractivity contribution in [2.75, 3.05) is 4.90 Å². The lowest BCUT2D eigenvalue weighted by atomic mass is 9.67. The number of benzene rings is 12. The molecule has 0 aromatic heterocycles. The van der Waals surface area contributed by atoms with Gasteiger partial charge in [0, 0.05) is 17.1 Å². The van der Waals surface area contributed by atoms with Gasteiger partial charge in [0.1, 0.15) is 0 Å². The van der Waals surface area contributed by atoms with Crippen molar-refractivity contribution in [3.05, 3.63) is 330 Å². The zero-order chi connectivity index (χ0) is 48.1. The average molecular weight is 926 g/mol. The van der Waals surface area contributed by atoms with Crippen LogP contribution >= 0.6 is 0 Å². The Morgan fingerprint density at radius 1 is 0.233 bits per heavy atom. The van der Waals surface area contributed by atoms with E-state index in [4.69, 9.17) is 0 Å². The summed E-state index contributed by atoms with van der Waals surface area (Å²) in [6, 6.07) is 106. The molecule has 3 aliphatic rings. The molecule has 1 nitrogen and oxygen atoms in total. The monoisotopic (exact) mass is 925 g/mol. The fraction of sp³-hybridized carbons (Fsp3) is 0.0278. The van der Waals surface area contributed by atoms with Crippen molar-refractivity contribution in [3.63, 3.8) is 0 Å². The molecule has 1 heteroatoms. The van der Waals surface area contributed by atoms with Crippen LogP contribution in [0.3, 0.4) is 0 Å². The summed E-state index contributed by atoms with van der Waals surface area (Å²) in [5, 5.41) is 2.46. The Morgan fingerprint density at radius 3 is 1.29 bits per heavy atom. The highest BCUT2D eigenvalue weighted by Crippen LogP contribution is 2.64. The first-order valence-electron chi connectivity index (χ1n) is 25.5. The minimum atomic E-state index is -0.498. The van der Waals surface area contributed by atoms with Gasteiger partial charge >= 0.3 is 0 Å². The smallest absolute Gasteiger partial charge is 0.0726 e. The van der Waals surface area contributed by atoms with Crippen LogP contribution in [0.25, 0.3) is 66.4 Å². The summed E-state index contributed by atoms with van der Waals surface area (Å²) in [4.78, 5) is 2.43. The first-order valence-corrected chi connectivity index (χ1v) is 25.5. The quantitative estimate of drug-likeness (QED) is 0.154. The first-order chi connectivity index (χ1) is 36.2. The molecule has 0 radical (unpaired) electrons. The Hall–Kier alpha value is -9.30. The molecule has 0 heterocycles. The molecule has 0 aliphatic heterocycles. The third-order valence-electron chi connectivity index (χ3n) is 16.4. The van der Waals surface area contributed by atoms with E-state index in [1.54, 1.807) is 0 Å². The number of hydrogen-bond donors (Lipinski definition) is 0. The van der Waals surface area contributed by atoms with Gasteiger partial charge in [0.05, 0.1) is 10.8 Å². The molecule has 73 heavy (non-hydrogen) atoms. The molecule has 0 bridgehead atoms. The highest BCUT2D eigenvalue weighted by Gasteiger charge is 2.52. The van der Waals surface area contributed by atoms with Gasteiger partial charge in [-0.3, -0.25) is 0 Å². The van der Waals surface area contributed by atoms with Crippen molar-refractivity contribution in [3.8, 4) is 55.6 Å². The van der Waals surface area contributed by atoms with Crippen LogP contribution in [0.1, 0.15) is 44.5 Å². The topological polar surface area (TPSA) is 3.24 Å². The van der Waals surface area contributed by atoms with E-state index in [2.05, 4.69) is 290 Å². The van der Waals surface area contributed by atoms with Crippen LogP contribution in [-0.4, -0.2) is 0 Å². The Morgan fingerprint density at radius 2 is 0.671 bits per heavy atom. The Bertz CT molecular complexity index is 4030. The van der Waals surface area contributed by atoms with Crippen molar-refractivity contribution in [2.24, 2.45) is 0 Å². The average Bonchev–Trinajstić information content (AvgIpc) is 4.06. The maximum absolute atomic E-state index is 2.48. The molecule has 0 saturated carbocycles. The van der Waals surface area contributed by atoms with Crippen molar-refractivity contribution in [2.45, 2.75) is 10.8 Å². The van der Waals surface area contributed by atoms with Gasteiger partial charge in [0.15, 0.2) is 0 Å². The van der Waals surface area contributed by atoms with Crippen molar-refractivity contribution in [1.82, 2.24) is 0 Å². The summed E-state index contributed by atoms with van der Waals surface area (Å²) in [5.74, 6) is 0. The van der Waals surface area contributed by atoms with E-state index in [-0.39, 0.29) is 0 Å². The standard InChI is InChI=1S/C72H47N/c1-4-22-50(23-5-1)71(51-24-6-2-7-25-51)66-37-19-15-32-61(66)70-62(33-20-38-67(70)71)69-55-28-11-10-21-48(55)41-45-56(69)49-39-42-53(43-40-49)73(52-26-8-3-9-27-52)54-44-46-60-59-31-14-18-36-65(59)72(68(60)47-54)63-34-16-12-29-57(63)58-30-13-17-35-64(58)72/h1-47H. The molecule has 0 saturated heterocycles. The number of hydrogen-bond acceptors (Lipinski definition) is 1. The summed E-state index contributed by atoms with van der Waals surface area (Å²) in [7, 11) is 0. The van der Waals surface area contributed by atoms with Crippen LogP contribution in [0, 0.1) is 0 Å². The van der Waals surface area contributed by atoms with E-state index in [1.807, 2.05) is 0 Å². The minimum absolute atomic E-state index is 0.437. The summed E-state index contributed by atoms with van der Waals surface area (Å²) < 4.78 is 0. The molecule has 1 spiro atoms. The number of fused-ring (bicyclic) bond motifs is 14. The van der Waals surface area contributed by atoms with E-state index in [1.165, 1.54) is 111 Å². The van der Waals surface area contributed by atoms with Crippen LogP contribution < -0.4 is 4.90 Å². The van der Waals surface area contributed by atoms with Crippen molar-refractivity contribution >= 4 is 27.8 Å². The van der Waals surface area contributed by atoms with Crippen molar-refractivity contribution < 1.29 is 0 Å². The van der Waals surface area contributed by atoms with Gasteiger partial charge in [-0.15, -0.1) is 0 Å². The summed E-state index contributed by atoms with van der Waals surface area (Å²) >= 11 is 0. The van der Waals surface area contributed by atoms with Crippen LogP contribution in [0.2, 0.25) is 0 Å². The number of rotatable bonds is 7. The molecule has 340 valence electrons. The van der Waals surface area contributed by atoms with Crippen LogP contribution in [-0.2, 0) is 10.8 Å². The lowest BCUT2D eigenvalue weighted by Crippen LogP contribution is -2.28. The molecule has 12 aromatic rings. The van der Waals surface area contributed by atoms with Gasteiger partial charge in [-0.25, -0.2) is 0 Å². The zero-order valence-electron chi connectivity index (χ0n) is 40.1. The molecular formula is C72H47N. The normalized spacial score (nSPS) is 13.7. The fourth-order valence-electron chi connectivity index (χ4n) is 13.5. The predicted octanol–water partition coefficient (Wildman–Crippen LogP) is 18.4. The third-order valence-corrected chi connectivity index (χ3v) is 16.4. The van der Waals surface area contributed by atoms with E-state index >= 15 is 0 Å². The van der Waals surface area contributed by atoms with Gasteiger partial charge in [-0.05, 0) is 147 Å². The molecule has 0 fully saturated rings. The number of para-hydroxylation sites is 1. The lowest BCUT2D eigenvalue weighted by Gasteiger charge is -2.34. The summed E-state index contributed by atoms with van der Waals surface area (Å²) in [6.07, 6.45) is 0. The predicted molar refractivity (Wildman–Crippen MR) is 303 cm³/mol. The van der Waals surface area contributed by atoms with Gasteiger partial charge in [0.25, 0.3) is 0 Å². The molecule has 0 amide bonds. The van der Waals surface area contributed by atoms with E-state index in [0.29, 0.717) is 0 Å². The van der Waals surface area contributed by atoms with Crippen molar-refractivity contribution in [1.29, 1.82) is 0 Å². The van der Waals surface area contributed by atoms with E-state index in [0.717, 1.165) is 17.1 Å². The fourth-order valence-corrected chi connectivity index (χ4v) is 13.5. The maximum Gasteiger partial charge on any atom is 0.0726 e. The Labute approximate surface area is 426 Å². The van der Waals surface area contributed by atoms with E-state index in [9.17, 15) is 0 Å². The molecule has 15 rings (SSSR count). The maximum atomic E-state index is 2.48. The molecule has 0 unspecified atom stereocenters. The second-order valence-corrected chi connectivity index (χ2v) is 19.8. The highest BCUT2D eigenvalue weighted by molar-refractivity contribution is 6.09. The lowest BCUT2D eigenvalue weighted by molar-refractivity contribution is 0.768. The third kappa shape index (κ3) is 5.79. The van der Waals surface area contributed by atoms with Gasteiger partial charge in [-0.2, -0.15) is 0 Å². The molecule has 12 aromatic carbocycles. The number of nitrogens with zero attached hydrogens (tertiary/aromatic N) is 1. The van der Waals surface area contributed by atoms with Gasteiger partial charge < -0.3 is 4.90 Å². The molecule has 0 N–H and O–H groups in total.